The summed E-state index contributed by atoms with van der Waals surface area (Å²) in [6, 6.07) is 3.22. The van der Waals surface area contributed by atoms with E-state index in [1.165, 1.54) is 12.3 Å². The molecule has 1 aromatic rings. The number of anilines is 1. The van der Waals surface area contributed by atoms with E-state index in [0.717, 1.165) is 0 Å². The first-order chi connectivity index (χ1) is 6.69. The van der Waals surface area contributed by atoms with Gasteiger partial charge in [0.2, 0.25) is 0 Å². The first kappa shape index (κ1) is 9.99. The minimum atomic E-state index is -0.607. The second-order valence-electron chi connectivity index (χ2n) is 2.50. The number of aromatic nitrogens is 1. The summed E-state index contributed by atoms with van der Waals surface area (Å²) in [5, 5.41) is 8.71. The van der Waals surface area contributed by atoms with E-state index in [0.29, 0.717) is 5.69 Å². The molecule has 0 unspecified atom stereocenters. The van der Waals surface area contributed by atoms with Gasteiger partial charge >= 0.3 is 5.97 Å². The maximum absolute atomic E-state index is 11.3. The van der Waals surface area contributed by atoms with Gasteiger partial charge in [-0.1, -0.05) is 0 Å². The molecule has 2 N–H and O–H groups in total. The number of carbonyl (C=O) groups is 1. The Morgan fingerprint density at radius 1 is 1.79 bits per heavy atom. The Morgan fingerprint density at radius 3 is 3.07 bits per heavy atom. The number of nitriles is 1. The van der Waals surface area contributed by atoms with Crippen molar-refractivity contribution in [3.8, 4) is 6.07 Å². The van der Waals surface area contributed by atoms with Gasteiger partial charge in [0.15, 0.2) is 5.69 Å². The fourth-order valence-corrected chi connectivity index (χ4v) is 0.928. The van der Waals surface area contributed by atoms with Gasteiger partial charge in [-0.25, -0.2) is 9.78 Å². The molecule has 0 aliphatic heterocycles. The van der Waals surface area contributed by atoms with E-state index in [9.17, 15) is 4.79 Å². The standard InChI is InChI=1S/C9H9N3O2/c1-2-14-9(13)8-6(4-10)3-7(11)5-12-8/h3,5H,2,11H2,1H3. The largest absolute Gasteiger partial charge is 0.461 e. The molecule has 14 heavy (non-hydrogen) atoms. The van der Waals surface area contributed by atoms with E-state index >= 15 is 0 Å². The minimum Gasteiger partial charge on any atom is -0.461 e. The molecular formula is C9H9N3O2. The van der Waals surface area contributed by atoms with Gasteiger partial charge in [0.05, 0.1) is 24.1 Å². The van der Waals surface area contributed by atoms with Crippen LogP contribution in [0.15, 0.2) is 12.3 Å². The summed E-state index contributed by atoms with van der Waals surface area (Å²) in [5.74, 6) is -0.607. The zero-order valence-corrected chi connectivity index (χ0v) is 7.65. The summed E-state index contributed by atoms with van der Waals surface area (Å²) in [7, 11) is 0. The van der Waals surface area contributed by atoms with Gasteiger partial charge in [-0.05, 0) is 13.0 Å². The number of hydrogen-bond donors (Lipinski definition) is 1. The number of ether oxygens (including phenoxy) is 1. The van der Waals surface area contributed by atoms with Crippen LogP contribution in [0.5, 0.6) is 0 Å². The lowest BCUT2D eigenvalue weighted by molar-refractivity contribution is 0.0519. The van der Waals surface area contributed by atoms with Crippen LogP contribution in [0, 0.1) is 11.3 Å². The van der Waals surface area contributed by atoms with Gasteiger partial charge in [-0.3, -0.25) is 0 Å². The quantitative estimate of drug-likeness (QED) is 0.695. The highest BCUT2D eigenvalue weighted by Gasteiger charge is 2.13. The van der Waals surface area contributed by atoms with Crippen LogP contribution in [-0.4, -0.2) is 17.6 Å². The van der Waals surface area contributed by atoms with Crippen molar-refractivity contribution in [1.29, 1.82) is 5.26 Å². The zero-order valence-electron chi connectivity index (χ0n) is 7.65. The monoisotopic (exact) mass is 191 g/mol. The third kappa shape index (κ3) is 1.98. The predicted molar refractivity (Wildman–Crippen MR) is 49.3 cm³/mol. The van der Waals surface area contributed by atoms with Crippen LogP contribution in [0.2, 0.25) is 0 Å². The molecule has 0 amide bonds. The highest BCUT2D eigenvalue weighted by Crippen LogP contribution is 2.10. The molecule has 5 heteroatoms. The van der Waals surface area contributed by atoms with E-state index in [2.05, 4.69) is 4.98 Å². The van der Waals surface area contributed by atoms with Gasteiger partial charge in [-0.2, -0.15) is 5.26 Å². The number of esters is 1. The molecule has 1 aromatic heterocycles. The fourth-order valence-electron chi connectivity index (χ4n) is 0.928. The molecule has 0 radical (unpaired) electrons. The van der Waals surface area contributed by atoms with E-state index in [1.54, 1.807) is 6.92 Å². The lowest BCUT2D eigenvalue weighted by Crippen LogP contribution is -2.09. The van der Waals surface area contributed by atoms with Crippen LogP contribution in [0.1, 0.15) is 23.0 Å². The first-order valence-electron chi connectivity index (χ1n) is 4.01. The summed E-state index contributed by atoms with van der Waals surface area (Å²) in [5.41, 5.74) is 5.89. The minimum absolute atomic E-state index is 0.00329. The molecule has 0 aromatic carbocycles. The van der Waals surface area contributed by atoms with E-state index in [1.807, 2.05) is 6.07 Å². The number of nitrogen functional groups attached to an aromatic ring is 1. The third-order valence-electron chi connectivity index (χ3n) is 1.50. The summed E-state index contributed by atoms with van der Waals surface area (Å²) in [6.07, 6.45) is 1.31. The van der Waals surface area contributed by atoms with Crippen LogP contribution >= 0.6 is 0 Å². The maximum Gasteiger partial charge on any atom is 0.358 e. The third-order valence-corrected chi connectivity index (χ3v) is 1.50. The van der Waals surface area contributed by atoms with Gasteiger partial charge in [0.25, 0.3) is 0 Å². The van der Waals surface area contributed by atoms with Crippen molar-refractivity contribution in [3.63, 3.8) is 0 Å². The van der Waals surface area contributed by atoms with Gasteiger partial charge in [-0.15, -0.1) is 0 Å². The van der Waals surface area contributed by atoms with Crippen LogP contribution in [0.3, 0.4) is 0 Å². The molecule has 5 nitrogen and oxygen atoms in total. The molecular weight excluding hydrogens is 182 g/mol. The van der Waals surface area contributed by atoms with Crippen molar-refractivity contribution in [2.75, 3.05) is 12.3 Å². The molecule has 72 valence electrons. The lowest BCUT2D eigenvalue weighted by atomic mass is 10.2. The number of carbonyl (C=O) groups excluding carboxylic acids is 1. The van der Waals surface area contributed by atoms with Crippen molar-refractivity contribution >= 4 is 11.7 Å². The molecule has 1 heterocycles. The van der Waals surface area contributed by atoms with Crippen molar-refractivity contribution in [2.24, 2.45) is 0 Å². The van der Waals surface area contributed by atoms with Crippen molar-refractivity contribution < 1.29 is 9.53 Å². The average molecular weight is 191 g/mol. The number of nitrogens with zero attached hydrogens (tertiary/aromatic N) is 2. The van der Waals surface area contributed by atoms with Gasteiger partial charge in [0, 0.05) is 0 Å². The Hall–Kier alpha value is -2.09. The number of hydrogen-bond acceptors (Lipinski definition) is 5. The normalized spacial score (nSPS) is 9.14. The molecule has 1 rings (SSSR count). The van der Waals surface area contributed by atoms with Crippen molar-refractivity contribution in [2.45, 2.75) is 6.92 Å². The van der Waals surface area contributed by atoms with Gasteiger partial charge < -0.3 is 10.5 Å². The van der Waals surface area contributed by atoms with Crippen LogP contribution in [-0.2, 0) is 4.74 Å². The topological polar surface area (TPSA) is 89.0 Å². The SMILES string of the molecule is CCOC(=O)c1ncc(N)cc1C#N. The molecule has 0 saturated carbocycles. The fraction of sp³-hybridized carbons (Fsp3) is 0.222. The molecule has 0 aliphatic carbocycles. The second kappa shape index (κ2) is 4.23. The lowest BCUT2D eigenvalue weighted by Gasteiger charge is -2.02. The summed E-state index contributed by atoms with van der Waals surface area (Å²) in [4.78, 5) is 15.0. The Bertz CT molecular complexity index is 396. The summed E-state index contributed by atoms with van der Waals surface area (Å²) < 4.78 is 4.72. The van der Waals surface area contributed by atoms with Crippen LogP contribution < -0.4 is 5.73 Å². The van der Waals surface area contributed by atoms with E-state index < -0.39 is 5.97 Å². The highest BCUT2D eigenvalue weighted by molar-refractivity contribution is 5.90. The second-order valence-corrected chi connectivity index (χ2v) is 2.50. The molecule has 0 saturated heterocycles. The first-order valence-corrected chi connectivity index (χ1v) is 4.01. The maximum atomic E-state index is 11.3. The van der Waals surface area contributed by atoms with E-state index in [-0.39, 0.29) is 17.9 Å². The number of nitrogens with two attached hydrogens (primary N) is 1. The molecule has 0 bridgehead atoms. The highest BCUT2D eigenvalue weighted by atomic mass is 16.5. The molecule has 0 spiro atoms. The zero-order chi connectivity index (χ0) is 10.6. The number of pyridine rings is 1. The molecule has 0 aliphatic rings. The Kier molecular flexibility index (Phi) is 3.02. The Labute approximate surface area is 81.1 Å². The van der Waals surface area contributed by atoms with E-state index in [4.69, 9.17) is 15.7 Å². The average Bonchev–Trinajstić information content (AvgIpc) is 2.17. The van der Waals surface area contributed by atoms with Gasteiger partial charge in [0.1, 0.15) is 6.07 Å². The Morgan fingerprint density at radius 2 is 2.50 bits per heavy atom. The van der Waals surface area contributed by atoms with Crippen LogP contribution in [0.4, 0.5) is 5.69 Å². The molecule has 0 atom stereocenters. The van der Waals surface area contributed by atoms with Crippen molar-refractivity contribution in [3.05, 3.63) is 23.5 Å². The number of rotatable bonds is 2. The van der Waals surface area contributed by atoms with Crippen LogP contribution in [0.25, 0.3) is 0 Å². The summed E-state index contributed by atoms with van der Waals surface area (Å²) in [6.45, 7) is 1.93. The van der Waals surface area contributed by atoms with Crippen molar-refractivity contribution in [1.82, 2.24) is 4.98 Å². The predicted octanol–water partition coefficient (Wildman–Crippen LogP) is 0.712. The Balaban J connectivity index is 3.09. The molecule has 0 fully saturated rings. The summed E-state index contributed by atoms with van der Waals surface area (Å²) >= 11 is 0. The smallest absolute Gasteiger partial charge is 0.358 e.